The Morgan fingerprint density at radius 1 is 0.818 bits per heavy atom. The largest absolute Gasteiger partial charge is 0.472 e. The Balaban J connectivity index is 1.17. The third-order valence-corrected chi connectivity index (χ3v) is 9.20. The number of ether oxygens (including phenoxy) is 2. The fourth-order valence-electron chi connectivity index (χ4n) is 5.24. The third-order valence-electron chi connectivity index (χ3n) is 7.23. The van der Waals surface area contributed by atoms with Gasteiger partial charge in [-0.05, 0) is 0 Å². The van der Waals surface area contributed by atoms with Gasteiger partial charge in [0.05, 0.1) is 32.2 Å². The van der Waals surface area contributed by atoms with Crippen molar-refractivity contribution in [3.8, 4) is 0 Å². The number of phosphoric acid groups is 2. The van der Waals surface area contributed by atoms with Crippen LogP contribution in [0.3, 0.4) is 0 Å². The Morgan fingerprint density at radius 3 is 1.91 bits per heavy atom. The number of anilines is 1. The summed E-state index contributed by atoms with van der Waals surface area (Å²) in [7, 11) is -10.1. The van der Waals surface area contributed by atoms with E-state index in [2.05, 4.69) is 29.9 Å². The molecule has 0 radical (unpaired) electrons. The number of H-pyrrole nitrogens is 1. The minimum absolute atomic E-state index is 0.00367. The van der Waals surface area contributed by atoms with E-state index in [1.807, 2.05) is 0 Å². The van der Waals surface area contributed by atoms with E-state index in [9.17, 15) is 33.9 Å². The number of aromatic amines is 1. The van der Waals surface area contributed by atoms with Gasteiger partial charge in [-0.15, -0.1) is 0 Å². The number of phosphoric ester groups is 2. The van der Waals surface area contributed by atoms with Gasteiger partial charge < -0.3 is 40.2 Å². The zero-order valence-electron chi connectivity index (χ0n) is 21.9. The number of aromatic nitrogens is 8. The van der Waals surface area contributed by atoms with Crippen molar-refractivity contribution in [3.05, 3.63) is 35.7 Å². The van der Waals surface area contributed by atoms with Gasteiger partial charge in [-0.25, -0.2) is 34.0 Å². The zero-order chi connectivity index (χ0) is 31.0. The number of hydrogen-bond acceptors (Lipinski definition) is 17. The summed E-state index contributed by atoms with van der Waals surface area (Å²) in [6.07, 6.45) is -7.73. The summed E-state index contributed by atoms with van der Waals surface area (Å²) < 4.78 is 60.9. The van der Waals surface area contributed by atoms with E-state index in [1.165, 1.54) is 15.5 Å². The van der Waals surface area contributed by atoms with Crippen molar-refractivity contribution in [1.29, 1.82) is 0 Å². The topological polar surface area (TPSA) is 304 Å². The van der Waals surface area contributed by atoms with Crippen molar-refractivity contribution in [2.45, 2.75) is 49.1 Å². The second kappa shape index (κ2) is 10.7. The molecule has 0 amide bonds. The molecule has 0 bridgehead atoms. The number of nitrogens with zero attached hydrogens (tertiary/aromatic N) is 7. The van der Waals surface area contributed by atoms with Crippen molar-refractivity contribution in [3.63, 3.8) is 0 Å². The molecule has 3 aliphatic rings. The third kappa shape index (κ3) is 5.04. The quantitative estimate of drug-likeness (QED) is 0.128. The molecule has 0 saturated carbocycles. The van der Waals surface area contributed by atoms with Crippen LogP contribution in [-0.2, 0) is 36.7 Å². The molecule has 4 aromatic heterocycles. The standard InChI is InChI=1S/C20H23N9O13P2/c21-15-9-16(23-3-22-15)28(5-26-9)19-11(30)13-7(39-19)1-37-44(35,36)42-14-8(2-38-43(33,34)41-13)40-20(12(14)31)29-6-27-10-17(29)24-4-25-18(10)32/h3-8,11-14,19-20,30-31H,1-2H2,(H,33,34)(H,35,36)(H2,21,22,23)(H,24,25,32)/t7-,8-,11-,12-,13-,14-,19-,20-/m1/s1. The van der Waals surface area contributed by atoms with Crippen LogP contribution in [0, 0.1) is 0 Å². The predicted octanol–water partition coefficient (Wildman–Crippen LogP) is -1.92. The molecule has 7 rings (SSSR count). The molecule has 236 valence electrons. The molecule has 44 heavy (non-hydrogen) atoms. The normalized spacial score (nSPS) is 38.3. The number of fused-ring (bicyclic) bond motifs is 4. The summed E-state index contributed by atoms with van der Waals surface area (Å²) in [4.78, 5) is 55.5. The number of nitrogens with one attached hydrogen (secondary N) is 1. The molecule has 0 spiro atoms. The maximum absolute atomic E-state index is 13.0. The van der Waals surface area contributed by atoms with E-state index in [4.69, 9.17) is 33.3 Å². The lowest BCUT2D eigenvalue weighted by atomic mass is 10.1. The van der Waals surface area contributed by atoms with E-state index < -0.39 is 83.5 Å². The van der Waals surface area contributed by atoms with Crippen molar-refractivity contribution >= 4 is 43.8 Å². The second-order valence-corrected chi connectivity index (χ2v) is 12.7. The molecule has 22 nitrogen and oxygen atoms in total. The highest BCUT2D eigenvalue weighted by molar-refractivity contribution is 7.47. The Labute approximate surface area is 243 Å². The van der Waals surface area contributed by atoms with Crippen LogP contribution in [-0.4, -0.2) is 109 Å². The van der Waals surface area contributed by atoms with Gasteiger partial charge in [0, 0.05) is 0 Å². The van der Waals surface area contributed by atoms with Crippen molar-refractivity contribution in [1.82, 2.24) is 39.0 Å². The first-order chi connectivity index (χ1) is 20.9. The minimum Gasteiger partial charge on any atom is -0.386 e. The average Bonchev–Trinajstić information content (AvgIpc) is 3.73. The van der Waals surface area contributed by atoms with Gasteiger partial charge in [-0.2, -0.15) is 0 Å². The average molecular weight is 659 g/mol. The van der Waals surface area contributed by atoms with Gasteiger partial charge in [0.25, 0.3) is 5.56 Å². The van der Waals surface area contributed by atoms with Crippen LogP contribution in [0.25, 0.3) is 22.3 Å². The molecular formula is C20H23N9O13P2. The van der Waals surface area contributed by atoms with Crippen LogP contribution in [0.15, 0.2) is 30.1 Å². The summed E-state index contributed by atoms with van der Waals surface area (Å²) in [5.74, 6) is 0.0438. The number of nitrogens with two attached hydrogens (primary N) is 1. The number of rotatable bonds is 2. The summed E-state index contributed by atoms with van der Waals surface area (Å²) in [6, 6.07) is 0. The number of hydrogen-bond donors (Lipinski definition) is 6. The first-order valence-corrected chi connectivity index (χ1v) is 15.7. The Kier molecular flexibility index (Phi) is 7.16. The van der Waals surface area contributed by atoms with Gasteiger partial charge in [0.2, 0.25) is 0 Å². The van der Waals surface area contributed by atoms with Crippen LogP contribution in [0.5, 0.6) is 0 Å². The lowest BCUT2D eigenvalue weighted by Crippen LogP contribution is -2.39. The van der Waals surface area contributed by atoms with Crippen LogP contribution in [0.1, 0.15) is 12.5 Å². The van der Waals surface area contributed by atoms with Crippen molar-refractivity contribution < 1.29 is 56.7 Å². The molecule has 2 unspecified atom stereocenters. The molecule has 4 aromatic rings. The van der Waals surface area contributed by atoms with Gasteiger partial charge in [-0.1, -0.05) is 0 Å². The van der Waals surface area contributed by atoms with Crippen LogP contribution in [0.4, 0.5) is 5.82 Å². The summed E-state index contributed by atoms with van der Waals surface area (Å²) in [5.41, 5.74) is 5.50. The van der Waals surface area contributed by atoms with Crippen molar-refractivity contribution in [2.24, 2.45) is 0 Å². The molecule has 7 N–H and O–H groups in total. The van der Waals surface area contributed by atoms with E-state index in [-0.39, 0.29) is 28.1 Å². The zero-order valence-corrected chi connectivity index (χ0v) is 23.7. The summed E-state index contributed by atoms with van der Waals surface area (Å²) in [6.45, 7) is -1.61. The van der Waals surface area contributed by atoms with Gasteiger partial charge in [0.15, 0.2) is 35.1 Å². The fourth-order valence-corrected chi connectivity index (χ4v) is 7.17. The molecule has 0 aliphatic carbocycles. The molecule has 3 saturated heterocycles. The molecule has 3 fully saturated rings. The first kappa shape index (κ1) is 29.5. The van der Waals surface area contributed by atoms with Gasteiger partial charge in [-0.3, -0.25) is 32.0 Å². The van der Waals surface area contributed by atoms with Crippen LogP contribution >= 0.6 is 15.6 Å². The number of aliphatic hydroxyl groups excluding tert-OH is 2. The van der Waals surface area contributed by atoms with Crippen LogP contribution in [0.2, 0.25) is 0 Å². The Hall–Kier alpha value is -3.24. The smallest absolute Gasteiger partial charge is 0.386 e. The maximum Gasteiger partial charge on any atom is 0.472 e. The van der Waals surface area contributed by atoms with Gasteiger partial charge in [0.1, 0.15) is 48.5 Å². The Bertz CT molecular complexity index is 1880. The summed E-state index contributed by atoms with van der Waals surface area (Å²) in [5, 5.41) is 22.2. The fraction of sp³-hybridized carbons (Fsp3) is 0.500. The highest BCUT2D eigenvalue weighted by Crippen LogP contribution is 2.53. The highest BCUT2D eigenvalue weighted by atomic mass is 31.2. The highest BCUT2D eigenvalue weighted by Gasteiger charge is 2.54. The number of imidazole rings is 2. The SMILES string of the molecule is Nc1ncnc2c1ncn2[C@@H]1O[C@@H]2COP(=O)(O)O[C@H]3[C@@H](O)[C@H](n4cnc5c(=O)[nH]cnc54)O[C@@H]3COP(=O)(O)O[C@H]2[C@H]1O. The first-order valence-electron chi connectivity index (χ1n) is 12.7. The van der Waals surface area contributed by atoms with E-state index >= 15 is 0 Å². The monoisotopic (exact) mass is 659 g/mol. The van der Waals surface area contributed by atoms with E-state index in [0.29, 0.717) is 0 Å². The number of aliphatic hydroxyl groups is 2. The van der Waals surface area contributed by atoms with Gasteiger partial charge >= 0.3 is 15.6 Å². The molecule has 7 heterocycles. The number of nitrogen functional groups attached to an aromatic ring is 1. The lowest BCUT2D eigenvalue weighted by molar-refractivity contribution is -0.0664. The molecule has 10 atom stereocenters. The predicted molar refractivity (Wildman–Crippen MR) is 139 cm³/mol. The maximum atomic E-state index is 13.0. The molecule has 24 heteroatoms. The Morgan fingerprint density at radius 2 is 1.34 bits per heavy atom. The second-order valence-electron chi connectivity index (χ2n) is 9.92. The van der Waals surface area contributed by atoms with E-state index in [1.54, 1.807) is 0 Å². The van der Waals surface area contributed by atoms with E-state index in [0.717, 1.165) is 19.0 Å². The lowest BCUT2D eigenvalue weighted by Gasteiger charge is -2.27. The summed E-state index contributed by atoms with van der Waals surface area (Å²) >= 11 is 0. The minimum atomic E-state index is -5.03. The van der Waals surface area contributed by atoms with Crippen molar-refractivity contribution in [2.75, 3.05) is 18.9 Å². The molecule has 0 aromatic carbocycles. The molecular weight excluding hydrogens is 636 g/mol. The van der Waals surface area contributed by atoms with Crippen LogP contribution < -0.4 is 11.3 Å². The molecule has 3 aliphatic heterocycles.